The Bertz CT molecular complexity index is 617. The molecule has 2 aliphatic rings. The van der Waals surface area contributed by atoms with Gasteiger partial charge in [-0.3, -0.25) is 0 Å². The van der Waals surface area contributed by atoms with Gasteiger partial charge in [-0.05, 0) is 45.3 Å². The van der Waals surface area contributed by atoms with E-state index in [0.717, 1.165) is 5.69 Å². The van der Waals surface area contributed by atoms with E-state index < -0.39 is 18.3 Å². The fraction of sp³-hybridized carbons (Fsp3) is 0.529. The molecule has 3 rings (SSSR count). The lowest BCUT2D eigenvalue weighted by Crippen LogP contribution is -2.41. The SMILES string of the molecule is C=CCN1CCOc2c(F)cc(B3OC(C)(C)C(C)(C)O3)cc21. The van der Waals surface area contributed by atoms with Crippen molar-refractivity contribution in [1.82, 2.24) is 0 Å². The third kappa shape index (κ3) is 2.74. The Morgan fingerprint density at radius 1 is 1.26 bits per heavy atom. The van der Waals surface area contributed by atoms with Gasteiger partial charge in [0.05, 0.1) is 23.4 Å². The summed E-state index contributed by atoms with van der Waals surface area (Å²) in [4.78, 5) is 2.05. The van der Waals surface area contributed by atoms with Crippen LogP contribution in [0.15, 0.2) is 24.8 Å². The van der Waals surface area contributed by atoms with Crippen LogP contribution in [-0.4, -0.2) is 38.0 Å². The summed E-state index contributed by atoms with van der Waals surface area (Å²) in [5, 5.41) is 0. The molecule has 1 aromatic rings. The Morgan fingerprint density at radius 3 is 2.52 bits per heavy atom. The second kappa shape index (κ2) is 5.53. The fourth-order valence-electron chi connectivity index (χ4n) is 2.82. The highest BCUT2D eigenvalue weighted by Crippen LogP contribution is 2.38. The number of nitrogens with zero attached hydrogens (tertiary/aromatic N) is 1. The minimum absolute atomic E-state index is 0.290. The minimum Gasteiger partial charge on any atom is -0.486 e. The topological polar surface area (TPSA) is 30.9 Å². The van der Waals surface area contributed by atoms with Crippen LogP contribution in [-0.2, 0) is 9.31 Å². The van der Waals surface area contributed by atoms with Crippen molar-refractivity contribution in [3.05, 3.63) is 30.6 Å². The number of anilines is 1. The van der Waals surface area contributed by atoms with Crippen LogP contribution in [0.4, 0.5) is 10.1 Å². The molecular formula is C17H23BFNO3. The molecular weight excluding hydrogens is 296 g/mol. The van der Waals surface area contributed by atoms with Gasteiger partial charge in [-0.1, -0.05) is 6.08 Å². The molecule has 0 aliphatic carbocycles. The van der Waals surface area contributed by atoms with E-state index >= 15 is 0 Å². The van der Waals surface area contributed by atoms with Gasteiger partial charge < -0.3 is 18.9 Å². The minimum atomic E-state index is -0.590. The largest absolute Gasteiger partial charge is 0.495 e. The molecule has 0 N–H and O–H groups in total. The van der Waals surface area contributed by atoms with Gasteiger partial charge >= 0.3 is 7.12 Å². The van der Waals surface area contributed by atoms with Gasteiger partial charge in [0.1, 0.15) is 6.61 Å². The van der Waals surface area contributed by atoms with Crippen molar-refractivity contribution in [2.24, 2.45) is 0 Å². The molecule has 0 unspecified atom stereocenters. The van der Waals surface area contributed by atoms with Gasteiger partial charge in [0.2, 0.25) is 0 Å². The first-order valence-electron chi connectivity index (χ1n) is 7.93. The summed E-state index contributed by atoms with van der Waals surface area (Å²) in [5.74, 6) is -0.0978. The number of ether oxygens (including phenoxy) is 1. The van der Waals surface area contributed by atoms with E-state index in [1.165, 1.54) is 6.07 Å². The Labute approximate surface area is 137 Å². The predicted molar refractivity (Wildman–Crippen MR) is 90.0 cm³/mol. The van der Waals surface area contributed by atoms with E-state index in [0.29, 0.717) is 30.9 Å². The van der Waals surface area contributed by atoms with Crippen LogP contribution in [0.2, 0.25) is 0 Å². The second-order valence-electron chi connectivity index (χ2n) is 7.02. The maximum atomic E-state index is 14.5. The van der Waals surface area contributed by atoms with Crippen molar-refractivity contribution < 1.29 is 18.4 Å². The van der Waals surface area contributed by atoms with E-state index in [1.54, 1.807) is 6.08 Å². The van der Waals surface area contributed by atoms with Crippen LogP contribution in [0.25, 0.3) is 0 Å². The molecule has 6 heteroatoms. The molecule has 0 saturated carbocycles. The normalized spacial score (nSPS) is 21.8. The molecule has 0 atom stereocenters. The van der Waals surface area contributed by atoms with Crippen molar-refractivity contribution in [2.45, 2.75) is 38.9 Å². The van der Waals surface area contributed by atoms with E-state index in [1.807, 2.05) is 38.7 Å². The van der Waals surface area contributed by atoms with Gasteiger partial charge in [0.25, 0.3) is 0 Å². The lowest BCUT2D eigenvalue weighted by Gasteiger charge is -2.32. The number of rotatable bonds is 3. The number of fused-ring (bicyclic) bond motifs is 1. The number of halogens is 1. The number of benzene rings is 1. The first-order valence-corrected chi connectivity index (χ1v) is 7.93. The van der Waals surface area contributed by atoms with Gasteiger partial charge in [-0.15, -0.1) is 6.58 Å². The molecule has 2 aliphatic heterocycles. The molecule has 23 heavy (non-hydrogen) atoms. The van der Waals surface area contributed by atoms with E-state index in [-0.39, 0.29) is 5.82 Å². The molecule has 124 valence electrons. The highest BCUT2D eigenvalue weighted by molar-refractivity contribution is 6.62. The Kier molecular flexibility index (Phi) is 3.93. The fourth-order valence-corrected chi connectivity index (χ4v) is 2.82. The smallest absolute Gasteiger partial charge is 0.486 e. The summed E-state index contributed by atoms with van der Waals surface area (Å²) in [6.45, 7) is 13.5. The van der Waals surface area contributed by atoms with Crippen molar-refractivity contribution in [3.8, 4) is 5.75 Å². The van der Waals surface area contributed by atoms with Gasteiger partial charge in [-0.2, -0.15) is 0 Å². The molecule has 0 amide bonds. The summed E-state index contributed by atoms with van der Waals surface area (Å²) >= 11 is 0. The third-order valence-electron chi connectivity index (χ3n) is 4.87. The van der Waals surface area contributed by atoms with Crippen molar-refractivity contribution in [1.29, 1.82) is 0 Å². The molecule has 0 spiro atoms. The maximum Gasteiger partial charge on any atom is 0.495 e. The standard InChI is InChI=1S/C17H23BFNO3/c1-6-7-20-8-9-21-15-13(19)10-12(11-14(15)20)18-22-16(2,3)17(4,5)23-18/h6,10-11H,1,7-9H2,2-5H3. The second-order valence-corrected chi connectivity index (χ2v) is 7.02. The predicted octanol–water partition coefficient (Wildman–Crippen LogP) is 2.51. The van der Waals surface area contributed by atoms with Crippen LogP contribution in [0.5, 0.6) is 5.75 Å². The molecule has 0 radical (unpaired) electrons. The van der Waals surface area contributed by atoms with Crippen molar-refractivity contribution >= 4 is 18.3 Å². The molecule has 1 saturated heterocycles. The first kappa shape index (κ1) is 16.3. The molecule has 0 aromatic heterocycles. The van der Waals surface area contributed by atoms with Gasteiger partial charge in [-0.25, -0.2) is 4.39 Å². The Morgan fingerprint density at radius 2 is 1.91 bits per heavy atom. The lowest BCUT2D eigenvalue weighted by molar-refractivity contribution is 0.00578. The van der Waals surface area contributed by atoms with Crippen LogP contribution in [0.1, 0.15) is 27.7 Å². The Hall–Kier alpha value is -1.53. The Balaban J connectivity index is 1.98. The van der Waals surface area contributed by atoms with Crippen LogP contribution in [0, 0.1) is 5.82 Å². The summed E-state index contributed by atoms with van der Waals surface area (Å²) in [6, 6.07) is 3.33. The maximum absolute atomic E-state index is 14.5. The first-order chi connectivity index (χ1) is 10.7. The lowest BCUT2D eigenvalue weighted by atomic mass is 9.78. The summed E-state index contributed by atoms with van der Waals surface area (Å²) in [5.41, 5.74) is 0.475. The molecule has 1 aromatic carbocycles. The van der Waals surface area contributed by atoms with Gasteiger partial charge in [0, 0.05) is 6.54 Å². The quantitative estimate of drug-likeness (QED) is 0.633. The van der Waals surface area contributed by atoms with Crippen LogP contribution in [0.3, 0.4) is 0 Å². The summed E-state index contributed by atoms with van der Waals surface area (Å²) < 4.78 is 32.0. The molecule has 2 heterocycles. The zero-order chi connectivity index (χ0) is 16.8. The molecule has 1 fully saturated rings. The monoisotopic (exact) mass is 319 g/mol. The average molecular weight is 319 g/mol. The van der Waals surface area contributed by atoms with Gasteiger partial charge in [0.15, 0.2) is 11.6 Å². The zero-order valence-corrected chi connectivity index (χ0v) is 14.2. The highest BCUT2D eigenvalue weighted by atomic mass is 19.1. The van der Waals surface area contributed by atoms with E-state index in [2.05, 4.69) is 6.58 Å². The molecule has 4 nitrogen and oxygen atoms in total. The number of hydrogen-bond donors (Lipinski definition) is 0. The van der Waals surface area contributed by atoms with Crippen LogP contribution >= 0.6 is 0 Å². The average Bonchev–Trinajstić information content (AvgIpc) is 2.68. The van der Waals surface area contributed by atoms with E-state index in [9.17, 15) is 4.39 Å². The summed E-state index contributed by atoms with van der Waals surface area (Å²) in [7, 11) is -0.590. The van der Waals surface area contributed by atoms with Crippen molar-refractivity contribution in [3.63, 3.8) is 0 Å². The highest BCUT2D eigenvalue weighted by Gasteiger charge is 2.52. The van der Waals surface area contributed by atoms with E-state index in [4.69, 9.17) is 14.0 Å². The van der Waals surface area contributed by atoms with Crippen LogP contribution < -0.4 is 15.1 Å². The van der Waals surface area contributed by atoms with Crippen molar-refractivity contribution in [2.75, 3.05) is 24.6 Å². The third-order valence-corrected chi connectivity index (χ3v) is 4.87. The number of hydrogen-bond acceptors (Lipinski definition) is 4. The summed E-state index contributed by atoms with van der Waals surface area (Å²) in [6.07, 6.45) is 1.80. The zero-order valence-electron chi connectivity index (χ0n) is 14.2. The molecule has 0 bridgehead atoms.